The summed E-state index contributed by atoms with van der Waals surface area (Å²) in [6, 6.07) is 0. The molecule has 1 aromatic heterocycles. The van der Waals surface area contributed by atoms with E-state index in [1.165, 1.54) is 19.3 Å². The molecule has 88 valence electrons. The van der Waals surface area contributed by atoms with Gasteiger partial charge in [-0.2, -0.15) is 0 Å². The minimum absolute atomic E-state index is 0.787. The van der Waals surface area contributed by atoms with Crippen molar-refractivity contribution in [1.82, 2.24) is 9.97 Å². The molecule has 2 rings (SSSR count). The predicted molar refractivity (Wildman–Crippen MR) is 73.1 cm³/mol. The van der Waals surface area contributed by atoms with Gasteiger partial charge in [-0.05, 0) is 41.1 Å². The van der Waals surface area contributed by atoms with Gasteiger partial charge in [-0.25, -0.2) is 9.97 Å². The van der Waals surface area contributed by atoms with Crippen LogP contribution in [-0.4, -0.2) is 28.4 Å². The van der Waals surface area contributed by atoms with Crippen molar-refractivity contribution in [3.8, 4) is 0 Å². The number of hydrogen-bond donors (Lipinski definition) is 0. The van der Waals surface area contributed by atoms with Gasteiger partial charge in [-0.3, -0.25) is 0 Å². The molecule has 0 aromatic carbocycles. The largest absolute Gasteiger partial charge is 0.355 e. The van der Waals surface area contributed by atoms with Crippen molar-refractivity contribution in [2.24, 2.45) is 5.92 Å². The molecule has 2 heterocycles. The summed E-state index contributed by atoms with van der Waals surface area (Å²) in [4.78, 5) is 10.7. The Hall–Kier alpha value is -0.160. The SMILES string of the molecule is BrCCC1CCCN(c2ncncc2Br)C1. The highest BCUT2D eigenvalue weighted by Gasteiger charge is 2.21. The summed E-state index contributed by atoms with van der Waals surface area (Å²) in [5.41, 5.74) is 0. The first kappa shape index (κ1) is 12.3. The smallest absolute Gasteiger partial charge is 0.146 e. The lowest BCUT2D eigenvalue weighted by Crippen LogP contribution is -2.36. The third-order valence-corrected chi connectivity index (χ3v) is 4.00. The van der Waals surface area contributed by atoms with Crippen LogP contribution in [-0.2, 0) is 0 Å². The number of alkyl halides is 1. The molecule has 1 unspecified atom stereocenters. The van der Waals surface area contributed by atoms with Gasteiger partial charge in [-0.1, -0.05) is 15.9 Å². The standard InChI is InChI=1S/C11H15Br2N3/c12-4-3-9-2-1-5-16(7-9)11-10(13)6-14-8-15-11/h6,8-9H,1-5,7H2. The summed E-state index contributed by atoms with van der Waals surface area (Å²) in [5.74, 6) is 1.82. The van der Waals surface area contributed by atoms with Crippen LogP contribution >= 0.6 is 31.9 Å². The summed E-state index contributed by atoms with van der Waals surface area (Å²) in [5, 5.41) is 1.09. The summed E-state index contributed by atoms with van der Waals surface area (Å²) in [7, 11) is 0. The van der Waals surface area contributed by atoms with Crippen LogP contribution in [0.25, 0.3) is 0 Å². The number of anilines is 1. The van der Waals surface area contributed by atoms with E-state index < -0.39 is 0 Å². The van der Waals surface area contributed by atoms with E-state index in [1.807, 2.05) is 6.20 Å². The highest BCUT2D eigenvalue weighted by atomic mass is 79.9. The maximum atomic E-state index is 4.35. The summed E-state index contributed by atoms with van der Waals surface area (Å²) in [6.45, 7) is 2.22. The third-order valence-electron chi connectivity index (χ3n) is 2.98. The molecule has 1 aliphatic rings. The normalized spacial score (nSPS) is 21.1. The van der Waals surface area contributed by atoms with Crippen molar-refractivity contribution in [1.29, 1.82) is 0 Å². The van der Waals surface area contributed by atoms with E-state index in [1.54, 1.807) is 6.33 Å². The fourth-order valence-corrected chi connectivity index (χ4v) is 3.31. The Balaban J connectivity index is 2.07. The van der Waals surface area contributed by atoms with Crippen LogP contribution in [0.5, 0.6) is 0 Å². The number of nitrogens with zero attached hydrogens (tertiary/aromatic N) is 3. The van der Waals surface area contributed by atoms with Crippen LogP contribution in [0, 0.1) is 5.92 Å². The zero-order valence-corrected chi connectivity index (χ0v) is 12.2. The average Bonchev–Trinajstić information content (AvgIpc) is 2.30. The van der Waals surface area contributed by atoms with E-state index in [4.69, 9.17) is 0 Å². The Morgan fingerprint density at radius 2 is 2.38 bits per heavy atom. The fraction of sp³-hybridized carbons (Fsp3) is 0.636. The van der Waals surface area contributed by atoms with Crippen LogP contribution in [0.2, 0.25) is 0 Å². The van der Waals surface area contributed by atoms with E-state index >= 15 is 0 Å². The van der Waals surface area contributed by atoms with Gasteiger partial charge in [0, 0.05) is 24.6 Å². The van der Waals surface area contributed by atoms with E-state index in [-0.39, 0.29) is 0 Å². The Kier molecular flexibility index (Phi) is 4.58. The minimum atomic E-state index is 0.787. The lowest BCUT2D eigenvalue weighted by molar-refractivity contribution is 0.405. The van der Waals surface area contributed by atoms with Gasteiger partial charge in [0.15, 0.2) is 0 Å². The molecule has 0 spiro atoms. The second-order valence-electron chi connectivity index (χ2n) is 4.13. The number of piperidine rings is 1. The second-order valence-corrected chi connectivity index (χ2v) is 5.77. The van der Waals surface area contributed by atoms with Crippen LogP contribution in [0.15, 0.2) is 17.0 Å². The van der Waals surface area contributed by atoms with Gasteiger partial charge in [-0.15, -0.1) is 0 Å². The first-order valence-electron chi connectivity index (χ1n) is 5.57. The first-order chi connectivity index (χ1) is 7.81. The molecule has 16 heavy (non-hydrogen) atoms. The molecular weight excluding hydrogens is 334 g/mol. The van der Waals surface area contributed by atoms with E-state index in [0.29, 0.717) is 0 Å². The predicted octanol–water partition coefficient (Wildman–Crippen LogP) is 3.24. The van der Waals surface area contributed by atoms with E-state index in [9.17, 15) is 0 Å². The zero-order valence-electron chi connectivity index (χ0n) is 9.07. The van der Waals surface area contributed by atoms with Gasteiger partial charge in [0.2, 0.25) is 0 Å². The molecule has 0 amide bonds. The Morgan fingerprint density at radius 3 is 3.12 bits per heavy atom. The third kappa shape index (κ3) is 2.94. The average molecular weight is 349 g/mol. The molecule has 1 saturated heterocycles. The van der Waals surface area contributed by atoms with Gasteiger partial charge in [0.05, 0.1) is 4.47 Å². The first-order valence-corrected chi connectivity index (χ1v) is 7.49. The zero-order chi connectivity index (χ0) is 11.4. The number of aromatic nitrogens is 2. The lowest BCUT2D eigenvalue weighted by atomic mass is 9.96. The van der Waals surface area contributed by atoms with Crippen molar-refractivity contribution in [2.45, 2.75) is 19.3 Å². The summed E-state index contributed by atoms with van der Waals surface area (Å²) in [6.07, 6.45) is 7.28. The second kappa shape index (κ2) is 5.96. The van der Waals surface area contributed by atoms with Gasteiger partial charge >= 0.3 is 0 Å². The van der Waals surface area contributed by atoms with E-state index in [2.05, 4.69) is 46.7 Å². The summed E-state index contributed by atoms with van der Waals surface area (Å²) < 4.78 is 0.995. The quantitative estimate of drug-likeness (QED) is 0.785. The molecule has 0 bridgehead atoms. The molecular formula is C11H15Br2N3. The van der Waals surface area contributed by atoms with E-state index in [0.717, 1.165) is 34.6 Å². The highest BCUT2D eigenvalue weighted by Crippen LogP contribution is 2.28. The van der Waals surface area contributed by atoms with Crippen molar-refractivity contribution < 1.29 is 0 Å². The van der Waals surface area contributed by atoms with Crippen molar-refractivity contribution in [3.05, 3.63) is 17.0 Å². The molecule has 0 saturated carbocycles. The van der Waals surface area contributed by atoms with Crippen LogP contribution < -0.4 is 4.90 Å². The maximum Gasteiger partial charge on any atom is 0.146 e. The van der Waals surface area contributed by atoms with Gasteiger partial charge in [0.1, 0.15) is 12.1 Å². The number of halogens is 2. The summed E-state index contributed by atoms with van der Waals surface area (Å²) >= 11 is 7.04. The van der Waals surface area contributed by atoms with Crippen LogP contribution in [0.4, 0.5) is 5.82 Å². The molecule has 0 aliphatic carbocycles. The monoisotopic (exact) mass is 347 g/mol. The van der Waals surface area contributed by atoms with Crippen molar-refractivity contribution in [3.63, 3.8) is 0 Å². The number of hydrogen-bond acceptors (Lipinski definition) is 3. The number of rotatable bonds is 3. The Bertz CT molecular complexity index is 344. The minimum Gasteiger partial charge on any atom is -0.355 e. The lowest BCUT2D eigenvalue weighted by Gasteiger charge is -2.33. The highest BCUT2D eigenvalue weighted by molar-refractivity contribution is 9.10. The van der Waals surface area contributed by atoms with Gasteiger partial charge in [0.25, 0.3) is 0 Å². The molecule has 1 atom stereocenters. The topological polar surface area (TPSA) is 29.0 Å². The van der Waals surface area contributed by atoms with Gasteiger partial charge < -0.3 is 4.90 Å². The maximum absolute atomic E-state index is 4.35. The van der Waals surface area contributed by atoms with Crippen LogP contribution in [0.1, 0.15) is 19.3 Å². The van der Waals surface area contributed by atoms with Crippen molar-refractivity contribution in [2.75, 3.05) is 23.3 Å². The molecule has 5 heteroatoms. The fourth-order valence-electron chi connectivity index (χ4n) is 2.19. The van der Waals surface area contributed by atoms with Crippen molar-refractivity contribution >= 4 is 37.7 Å². The molecule has 1 aromatic rings. The molecule has 3 nitrogen and oxygen atoms in total. The molecule has 1 aliphatic heterocycles. The van der Waals surface area contributed by atoms with Crippen LogP contribution in [0.3, 0.4) is 0 Å². The molecule has 0 radical (unpaired) electrons. The molecule has 1 fully saturated rings. The Morgan fingerprint density at radius 1 is 1.50 bits per heavy atom. The Labute approximate surface area is 113 Å². The molecule has 0 N–H and O–H groups in total.